The number of allylic oxidation sites excluding steroid dienone is 1. The van der Waals surface area contributed by atoms with Gasteiger partial charge in [-0.25, -0.2) is 9.78 Å². The number of likely N-dealkylation sites (tertiary alicyclic amines) is 2. The minimum Gasteiger partial charge on any atom is -0.444 e. The first-order valence-corrected chi connectivity index (χ1v) is 20.8. The molecule has 1 amide bonds. The normalized spacial score (nSPS) is 19.6. The number of carbonyl (C=O) groups is 1. The molecule has 1 saturated carbocycles. The van der Waals surface area contributed by atoms with E-state index in [2.05, 4.69) is 84.7 Å². The van der Waals surface area contributed by atoms with Crippen molar-refractivity contribution in [3.8, 4) is 0 Å². The summed E-state index contributed by atoms with van der Waals surface area (Å²) in [5.74, 6) is 3.63. The van der Waals surface area contributed by atoms with Crippen molar-refractivity contribution in [1.29, 1.82) is 0 Å². The molecule has 1 aromatic heterocycles. The summed E-state index contributed by atoms with van der Waals surface area (Å²) in [4.78, 5) is 24.5. The van der Waals surface area contributed by atoms with Crippen LogP contribution in [0.15, 0.2) is 56.8 Å². The smallest absolute Gasteiger partial charge is 0.410 e. The molecule has 0 bridgehead atoms. The third kappa shape index (κ3) is 12.1. The minimum absolute atomic E-state index is 0.0271. The molecule has 3 heterocycles. The Kier molecular flexibility index (Phi) is 13.7. The minimum atomic E-state index is -0.491. The lowest BCUT2D eigenvalue weighted by molar-refractivity contribution is 0.0199. The van der Waals surface area contributed by atoms with Crippen molar-refractivity contribution in [1.82, 2.24) is 25.0 Å². The van der Waals surface area contributed by atoms with Crippen LogP contribution >= 0.6 is 23.5 Å². The molecule has 10 heteroatoms. The summed E-state index contributed by atoms with van der Waals surface area (Å²) in [6.07, 6.45) is 11.1. The number of hydrogen-bond acceptors (Lipinski definition) is 9. The van der Waals surface area contributed by atoms with Crippen molar-refractivity contribution < 1.29 is 13.9 Å². The number of nitrogens with one attached hydrogen (secondary N) is 1. The molecule has 1 aromatic carbocycles. The number of amides is 1. The number of oxazole rings is 1. The van der Waals surface area contributed by atoms with Gasteiger partial charge in [0.05, 0.1) is 23.0 Å². The van der Waals surface area contributed by atoms with Gasteiger partial charge in [-0.3, -0.25) is 4.90 Å². The Hall–Kier alpha value is -2.40. The molecule has 0 spiro atoms. The van der Waals surface area contributed by atoms with Crippen molar-refractivity contribution in [3.05, 3.63) is 75.2 Å². The Morgan fingerprint density at radius 3 is 2.29 bits per heavy atom. The first-order valence-electron chi connectivity index (χ1n) is 19.0. The van der Waals surface area contributed by atoms with Gasteiger partial charge in [0, 0.05) is 35.8 Å². The van der Waals surface area contributed by atoms with Crippen LogP contribution in [0.2, 0.25) is 0 Å². The van der Waals surface area contributed by atoms with E-state index in [-0.39, 0.29) is 17.6 Å². The zero-order valence-electron chi connectivity index (χ0n) is 32.5. The third-order valence-corrected chi connectivity index (χ3v) is 12.6. The number of rotatable bonds is 14. The molecule has 2 aliphatic heterocycles. The van der Waals surface area contributed by atoms with Crippen LogP contribution in [0.25, 0.3) is 0 Å². The predicted molar refractivity (Wildman–Crippen MR) is 213 cm³/mol. The Morgan fingerprint density at radius 1 is 1.06 bits per heavy atom. The van der Waals surface area contributed by atoms with Crippen LogP contribution < -0.4 is 5.32 Å². The summed E-state index contributed by atoms with van der Waals surface area (Å²) >= 11 is 3.47. The molecule has 1 unspecified atom stereocenters. The van der Waals surface area contributed by atoms with Crippen molar-refractivity contribution in [2.24, 2.45) is 11.8 Å². The van der Waals surface area contributed by atoms with Crippen molar-refractivity contribution in [2.75, 3.05) is 39.8 Å². The zero-order valence-corrected chi connectivity index (χ0v) is 34.1. The standard InChI is InChI=1S/C41H63N5O3S2/c1-10-37(50-28-36-43-26-35(48-36)40(3,4)5)51-29(2)42-25-30-17-23-46(24-18-30)34-19-21-45(22-20-34)27-31-11-13-32(14-12-31)38(33-15-16-33)44(9)39(47)49-41(6,7)8/h10-14,26,30,33-34,38,42H,2,15-25,27-28H2,1,3-9H3/b37-10-. The molecule has 3 aliphatic rings. The number of benzene rings is 1. The summed E-state index contributed by atoms with van der Waals surface area (Å²) < 4.78 is 12.9. The van der Waals surface area contributed by atoms with E-state index < -0.39 is 5.60 Å². The van der Waals surface area contributed by atoms with Gasteiger partial charge in [0.25, 0.3) is 0 Å². The molecular weight excluding hydrogens is 675 g/mol. The van der Waals surface area contributed by atoms with Crippen LogP contribution in [0.1, 0.15) is 116 Å². The lowest BCUT2D eigenvalue weighted by Crippen LogP contribution is -2.48. The fourth-order valence-corrected chi connectivity index (χ4v) is 8.95. The molecule has 0 radical (unpaired) electrons. The fraction of sp³-hybridized carbons (Fsp3) is 0.659. The Balaban J connectivity index is 0.981. The fourth-order valence-electron chi connectivity index (χ4n) is 7.16. The second-order valence-electron chi connectivity index (χ2n) is 16.8. The molecule has 1 N–H and O–H groups in total. The van der Waals surface area contributed by atoms with E-state index in [0.717, 1.165) is 48.6 Å². The van der Waals surface area contributed by atoms with Crippen molar-refractivity contribution in [2.45, 2.75) is 122 Å². The Morgan fingerprint density at radius 2 is 1.73 bits per heavy atom. The van der Waals surface area contributed by atoms with E-state index in [9.17, 15) is 4.79 Å². The zero-order chi connectivity index (χ0) is 36.8. The summed E-state index contributed by atoms with van der Waals surface area (Å²) in [5, 5.41) is 4.64. The molecule has 1 atom stereocenters. The summed E-state index contributed by atoms with van der Waals surface area (Å²) in [5.41, 5.74) is 2.05. The van der Waals surface area contributed by atoms with Gasteiger partial charge in [-0.15, -0.1) is 11.8 Å². The number of piperidine rings is 2. The molecule has 5 rings (SSSR count). The molecule has 2 aromatic rings. The molecule has 3 fully saturated rings. The molecule has 8 nitrogen and oxygen atoms in total. The highest BCUT2D eigenvalue weighted by molar-refractivity contribution is 8.23. The SMILES string of the molecule is C=C(NCC1CCN(C2CCN(Cc3ccc(C(C4CC4)N(C)C(=O)OC(C)(C)C)cc3)CC2)CC1)S/C(=C\C)SCc1ncc(C(C)(C)C)o1. The van der Waals surface area contributed by atoms with E-state index in [1.54, 1.807) is 23.5 Å². The van der Waals surface area contributed by atoms with Crippen LogP contribution in [-0.4, -0.2) is 77.2 Å². The van der Waals surface area contributed by atoms with Crippen molar-refractivity contribution in [3.63, 3.8) is 0 Å². The van der Waals surface area contributed by atoms with Crippen LogP contribution in [0, 0.1) is 11.8 Å². The van der Waals surface area contributed by atoms with Gasteiger partial charge in [0.1, 0.15) is 11.4 Å². The molecule has 2 saturated heterocycles. The third-order valence-electron chi connectivity index (χ3n) is 10.3. The maximum Gasteiger partial charge on any atom is 0.410 e. The Bertz CT molecular complexity index is 1460. The second-order valence-corrected chi connectivity index (χ2v) is 19.2. The van der Waals surface area contributed by atoms with E-state index in [1.807, 2.05) is 38.9 Å². The van der Waals surface area contributed by atoms with E-state index in [0.29, 0.717) is 17.9 Å². The van der Waals surface area contributed by atoms with E-state index in [1.165, 1.54) is 67.0 Å². The lowest BCUT2D eigenvalue weighted by atomic mass is 9.93. The number of carbonyl (C=O) groups excluding carboxylic acids is 1. The molecular formula is C41H63N5O3S2. The highest BCUT2D eigenvalue weighted by Crippen LogP contribution is 2.44. The van der Waals surface area contributed by atoms with Gasteiger partial charge < -0.3 is 24.3 Å². The van der Waals surface area contributed by atoms with Gasteiger partial charge in [0.2, 0.25) is 5.89 Å². The predicted octanol–water partition coefficient (Wildman–Crippen LogP) is 9.56. The topological polar surface area (TPSA) is 74.1 Å². The first kappa shape index (κ1) is 39.8. The average molecular weight is 738 g/mol. The number of hydrogen-bond donors (Lipinski definition) is 1. The van der Waals surface area contributed by atoms with Gasteiger partial charge in [-0.1, -0.05) is 69.5 Å². The van der Waals surface area contributed by atoms with Gasteiger partial charge in [0.15, 0.2) is 0 Å². The van der Waals surface area contributed by atoms with Crippen molar-refractivity contribution >= 4 is 29.6 Å². The van der Waals surface area contributed by atoms with Gasteiger partial charge >= 0.3 is 6.09 Å². The molecule has 282 valence electrons. The maximum atomic E-state index is 12.8. The maximum absolute atomic E-state index is 12.8. The number of ether oxygens (including phenoxy) is 1. The van der Waals surface area contributed by atoms with Crippen LogP contribution in [0.5, 0.6) is 0 Å². The first-order chi connectivity index (χ1) is 24.2. The van der Waals surface area contributed by atoms with E-state index >= 15 is 0 Å². The van der Waals surface area contributed by atoms with Gasteiger partial charge in [-0.05, 0) is 115 Å². The number of thioether (sulfide) groups is 2. The monoisotopic (exact) mass is 737 g/mol. The highest BCUT2D eigenvalue weighted by atomic mass is 32.2. The van der Waals surface area contributed by atoms with Crippen LogP contribution in [-0.2, 0) is 22.4 Å². The number of aromatic nitrogens is 1. The van der Waals surface area contributed by atoms with E-state index in [4.69, 9.17) is 9.15 Å². The quantitative estimate of drug-likeness (QED) is 0.204. The van der Waals surface area contributed by atoms with Crippen LogP contribution in [0.3, 0.4) is 0 Å². The number of nitrogens with zero attached hydrogens (tertiary/aromatic N) is 4. The summed E-state index contributed by atoms with van der Waals surface area (Å²) in [6.45, 7) is 25.3. The second kappa shape index (κ2) is 17.6. The van der Waals surface area contributed by atoms with Crippen LogP contribution in [0.4, 0.5) is 4.79 Å². The summed E-state index contributed by atoms with van der Waals surface area (Å²) in [7, 11) is 1.89. The lowest BCUT2D eigenvalue weighted by Gasteiger charge is -2.42. The summed E-state index contributed by atoms with van der Waals surface area (Å²) in [6, 6.07) is 9.79. The molecule has 51 heavy (non-hydrogen) atoms. The van der Waals surface area contributed by atoms with Gasteiger partial charge in [-0.2, -0.15) is 0 Å². The largest absolute Gasteiger partial charge is 0.444 e. The average Bonchev–Trinajstić information content (AvgIpc) is 3.80. The highest BCUT2D eigenvalue weighted by Gasteiger charge is 2.38. The molecule has 1 aliphatic carbocycles. The Labute approximate surface area is 316 Å².